The highest BCUT2D eigenvalue weighted by atomic mass is 19.3. The van der Waals surface area contributed by atoms with Gasteiger partial charge in [-0.15, -0.1) is 0 Å². The van der Waals surface area contributed by atoms with E-state index in [1.165, 1.54) is 11.1 Å². The summed E-state index contributed by atoms with van der Waals surface area (Å²) in [6.45, 7) is 7.58. The second-order valence-electron chi connectivity index (χ2n) is 9.85. The maximum Gasteiger partial charge on any atom is 0.408 e. The van der Waals surface area contributed by atoms with Crippen molar-refractivity contribution in [2.45, 2.75) is 58.6 Å². The van der Waals surface area contributed by atoms with Gasteiger partial charge < -0.3 is 19.4 Å². The van der Waals surface area contributed by atoms with Crippen LogP contribution in [0.15, 0.2) is 40.9 Å². The summed E-state index contributed by atoms with van der Waals surface area (Å²) in [6, 6.07) is 9.12. The van der Waals surface area contributed by atoms with Gasteiger partial charge >= 0.3 is 6.09 Å². The lowest BCUT2D eigenvalue weighted by Gasteiger charge is -2.31. The van der Waals surface area contributed by atoms with Gasteiger partial charge in [0, 0.05) is 43.1 Å². The van der Waals surface area contributed by atoms with Crippen LogP contribution in [0.1, 0.15) is 55.3 Å². The number of furan rings is 1. The molecule has 0 radical (unpaired) electrons. The maximum atomic E-state index is 13.4. The molecule has 1 aromatic carbocycles. The number of hydrogen-bond donors (Lipinski definition) is 1. The highest BCUT2D eigenvalue weighted by Crippen LogP contribution is 2.31. The molecule has 1 fully saturated rings. The summed E-state index contributed by atoms with van der Waals surface area (Å²) in [5.41, 5.74) is 2.96. The summed E-state index contributed by atoms with van der Waals surface area (Å²) in [4.78, 5) is 30.5. The number of aromatic nitrogens is 1. The van der Waals surface area contributed by atoms with Crippen molar-refractivity contribution in [2.24, 2.45) is 0 Å². The van der Waals surface area contributed by atoms with Crippen molar-refractivity contribution in [3.8, 4) is 11.3 Å². The van der Waals surface area contributed by atoms with Crippen LogP contribution in [0.3, 0.4) is 0 Å². The molecule has 7 nitrogen and oxygen atoms in total. The lowest BCUT2D eigenvalue weighted by atomic mass is 10.0. The standard InChI is InChI=1S/C26H29F2N3O4/c1-16-11-22-18(12-19(34-22)15-30-24(33)35-25(2,3)4)13-20(16)21-6-5-17(14-29-21)23(32)31-9-7-26(27,28)8-10-31/h5-6,11-14H,7-10,15H2,1-4H3,(H,30,33). The Hall–Kier alpha value is -3.49. The number of hydrogen-bond acceptors (Lipinski definition) is 5. The highest BCUT2D eigenvalue weighted by Gasteiger charge is 2.35. The molecule has 0 bridgehead atoms. The molecule has 3 aromatic rings. The zero-order valence-electron chi connectivity index (χ0n) is 20.3. The summed E-state index contributed by atoms with van der Waals surface area (Å²) >= 11 is 0. The highest BCUT2D eigenvalue weighted by molar-refractivity contribution is 5.94. The van der Waals surface area contributed by atoms with Crippen LogP contribution in [-0.2, 0) is 11.3 Å². The first-order chi connectivity index (χ1) is 16.4. The number of rotatable bonds is 4. The molecule has 35 heavy (non-hydrogen) atoms. The Balaban J connectivity index is 1.47. The number of halogens is 2. The first kappa shape index (κ1) is 24.6. The van der Waals surface area contributed by atoms with Crippen LogP contribution in [0, 0.1) is 6.92 Å². The van der Waals surface area contributed by atoms with E-state index < -0.39 is 17.6 Å². The normalized spacial score (nSPS) is 15.8. The smallest absolute Gasteiger partial charge is 0.408 e. The van der Waals surface area contributed by atoms with Crippen LogP contribution >= 0.6 is 0 Å². The molecular weight excluding hydrogens is 456 g/mol. The van der Waals surface area contributed by atoms with Gasteiger partial charge in [0.15, 0.2) is 0 Å². The van der Waals surface area contributed by atoms with Crippen molar-refractivity contribution in [3.63, 3.8) is 0 Å². The predicted molar refractivity (Wildman–Crippen MR) is 127 cm³/mol. The van der Waals surface area contributed by atoms with Crippen LogP contribution < -0.4 is 5.32 Å². The van der Waals surface area contributed by atoms with E-state index in [1.54, 1.807) is 32.9 Å². The molecule has 0 atom stereocenters. The molecule has 1 N–H and O–H groups in total. The Morgan fingerprint density at radius 1 is 1.17 bits per heavy atom. The molecule has 1 aliphatic heterocycles. The minimum absolute atomic E-state index is 0.0367. The lowest BCUT2D eigenvalue weighted by Crippen LogP contribution is -2.42. The third kappa shape index (κ3) is 5.96. The first-order valence-electron chi connectivity index (χ1n) is 11.5. The van der Waals surface area contributed by atoms with Gasteiger partial charge in [0.1, 0.15) is 16.9 Å². The van der Waals surface area contributed by atoms with Gasteiger partial charge in [-0.05, 0) is 63.6 Å². The van der Waals surface area contributed by atoms with E-state index in [-0.39, 0.29) is 38.4 Å². The van der Waals surface area contributed by atoms with Crippen molar-refractivity contribution >= 4 is 23.0 Å². The summed E-state index contributed by atoms with van der Waals surface area (Å²) < 4.78 is 37.9. The topological polar surface area (TPSA) is 84.7 Å². The number of likely N-dealkylation sites (tertiary alicyclic amines) is 1. The van der Waals surface area contributed by atoms with Crippen molar-refractivity contribution in [1.82, 2.24) is 15.2 Å². The number of fused-ring (bicyclic) bond motifs is 1. The van der Waals surface area contributed by atoms with Gasteiger partial charge in [-0.3, -0.25) is 9.78 Å². The molecule has 0 spiro atoms. The number of carbonyl (C=O) groups excluding carboxylic acids is 2. The number of aryl methyl sites for hydroxylation is 1. The van der Waals surface area contributed by atoms with Crippen LogP contribution in [0.2, 0.25) is 0 Å². The third-order valence-corrected chi connectivity index (χ3v) is 5.79. The Morgan fingerprint density at radius 3 is 2.51 bits per heavy atom. The molecule has 0 saturated carbocycles. The number of nitrogens with one attached hydrogen (secondary N) is 1. The third-order valence-electron chi connectivity index (χ3n) is 5.79. The fraction of sp³-hybridized carbons (Fsp3) is 0.423. The number of piperidine rings is 1. The SMILES string of the molecule is Cc1cc2oc(CNC(=O)OC(C)(C)C)cc2cc1-c1ccc(C(=O)N2CCC(F)(F)CC2)cn1. The van der Waals surface area contributed by atoms with E-state index in [2.05, 4.69) is 10.3 Å². The molecule has 3 heterocycles. The molecule has 1 aliphatic rings. The quantitative estimate of drug-likeness (QED) is 0.513. The van der Waals surface area contributed by atoms with E-state index in [0.717, 1.165) is 16.5 Å². The van der Waals surface area contributed by atoms with Crippen LogP contribution in [0.25, 0.3) is 22.2 Å². The maximum absolute atomic E-state index is 13.4. The molecule has 4 rings (SSSR count). The van der Waals surface area contributed by atoms with Gasteiger partial charge in [-0.25, -0.2) is 13.6 Å². The minimum atomic E-state index is -2.70. The van der Waals surface area contributed by atoms with Crippen LogP contribution in [0.4, 0.5) is 13.6 Å². The number of pyridine rings is 1. The largest absolute Gasteiger partial charge is 0.459 e. The zero-order chi connectivity index (χ0) is 25.4. The summed E-state index contributed by atoms with van der Waals surface area (Å²) in [5, 5.41) is 3.53. The van der Waals surface area contributed by atoms with Gasteiger partial charge in [-0.1, -0.05) is 0 Å². The zero-order valence-corrected chi connectivity index (χ0v) is 20.3. The minimum Gasteiger partial charge on any atom is -0.459 e. The lowest BCUT2D eigenvalue weighted by molar-refractivity contribution is -0.0494. The average molecular weight is 486 g/mol. The predicted octanol–water partition coefficient (Wildman–Crippen LogP) is 5.70. The molecule has 0 aliphatic carbocycles. The van der Waals surface area contributed by atoms with Crippen LogP contribution in [-0.4, -0.2) is 46.5 Å². The number of benzene rings is 1. The van der Waals surface area contributed by atoms with E-state index >= 15 is 0 Å². The van der Waals surface area contributed by atoms with E-state index in [4.69, 9.17) is 9.15 Å². The second-order valence-corrected chi connectivity index (χ2v) is 9.85. The average Bonchev–Trinajstić information content (AvgIpc) is 3.17. The molecular formula is C26H29F2N3O4. The fourth-order valence-electron chi connectivity index (χ4n) is 3.98. The molecule has 9 heteroatoms. The van der Waals surface area contributed by atoms with Gasteiger partial charge in [0.2, 0.25) is 0 Å². The van der Waals surface area contributed by atoms with Gasteiger partial charge in [-0.2, -0.15) is 0 Å². The molecule has 1 saturated heterocycles. The van der Waals surface area contributed by atoms with E-state index in [0.29, 0.717) is 22.6 Å². The van der Waals surface area contributed by atoms with Crippen molar-refractivity contribution in [1.29, 1.82) is 0 Å². The van der Waals surface area contributed by atoms with Crippen molar-refractivity contribution in [3.05, 3.63) is 53.4 Å². The molecule has 2 aromatic heterocycles. The Morgan fingerprint density at radius 2 is 1.89 bits per heavy atom. The first-order valence-corrected chi connectivity index (χ1v) is 11.5. The van der Waals surface area contributed by atoms with E-state index in [9.17, 15) is 18.4 Å². The fourth-order valence-corrected chi connectivity index (χ4v) is 3.98. The number of nitrogens with zero attached hydrogens (tertiary/aromatic N) is 2. The Labute approximate surface area is 202 Å². The Kier molecular flexibility index (Phi) is 6.53. The van der Waals surface area contributed by atoms with Crippen molar-refractivity contribution < 1.29 is 27.5 Å². The van der Waals surface area contributed by atoms with E-state index in [1.807, 2.05) is 25.1 Å². The number of ether oxygens (including phenoxy) is 1. The van der Waals surface area contributed by atoms with Crippen molar-refractivity contribution in [2.75, 3.05) is 13.1 Å². The van der Waals surface area contributed by atoms with Crippen LogP contribution in [0.5, 0.6) is 0 Å². The Bertz CT molecular complexity index is 1240. The number of amides is 2. The monoisotopic (exact) mass is 485 g/mol. The number of alkyl halides is 2. The number of alkyl carbamates (subject to hydrolysis) is 1. The number of carbonyl (C=O) groups is 2. The molecule has 0 unspecified atom stereocenters. The summed E-state index contributed by atoms with van der Waals surface area (Å²) in [5.74, 6) is -2.40. The molecule has 2 amide bonds. The molecule has 186 valence electrons. The van der Waals surface area contributed by atoms with Gasteiger partial charge in [0.05, 0.1) is 17.8 Å². The van der Waals surface area contributed by atoms with Gasteiger partial charge in [0.25, 0.3) is 11.8 Å². The summed E-state index contributed by atoms with van der Waals surface area (Å²) in [6.07, 6.45) is 0.332. The second kappa shape index (κ2) is 9.28. The summed E-state index contributed by atoms with van der Waals surface area (Å²) in [7, 11) is 0.